The molecule has 2 nitrogen and oxygen atoms in total. The Bertz CT molecular complexity index is 413. The van der Waals surface area contributed by atoms with Gasteiger partial charge in [-0.25, -0.2) is 4.99 Å². The lowest BCUT2D eigenvalue weighted by atomic mass is 10.1. The summed E-state index contributed by atoms with van der Waals surface area (Å²) in [5.41, 5.74) is 0.105. The summed E-state index contributed by atoms with van der Waals surface area (Å²) < 4.78 is 5.62. The van der Waals surface area contributed by atoms with Crippen molar-refractivity contribution in [1.82, 2.24) is 0 Å². The summed E-state index contributed by atoms with van der Waals surface area (Å²) >= 11 is 12.0. The number of nitrogens with zero attached hydrogens (tertiary/aromatic N) is 1. The van der Waals surface area contributed by atoms with Gasteiger partial charge < -0.3 is 4.74 Å². The summed E-state index contributed by atoms with van der Waals surface area (Å²) in [6.45, 7) is 3.67. The SMILES string of the molecule is CC1(C)N=C(Cl)c2cccc(Cl)c2O1. The molecule has 74 valence electrons. The van der Waals surface area contributed by atoms with Crippen molar-refractivity contribution in [1.29, 1.82) is 0 Å². The Morgan fingerprint density at radius 3 is 2.71 bits per heavy atom. The fourth-order valence-corrected chi connectivity index (χ4v) is 1.91. The predicted molar refractivity (Wildman–Crippen MR) is 58.5 cm³/mol. The van der Waals surface area contributed by atoms with Crippen molar-refractivity contribution in [2.75, 3.05) is 0 Å². The van der Waals surface area contributed by atoms with Crippen LogP contribution in [0.3, 0.4) is 0 Å². The predicted octanol–water partition coefficient (Wildman–Crippen LogP) is 3.45. The Morgan fingerprint density at radius 1 is 1.29 bits per heavy atom. The molecule has 0 unspecified atom stereocenters. The second-order valence-corrected chi connectivity index (χ2v) is 4.33. The van der Waals surface area contributed by atoms with E-state index in [2.05, 4.69) is 4.99 Å². The van der Waals surface area contributed by atoms with E-state index in [4.69, 9.17) is 27.9 Å². The van der Waals surface area contributed by atoms with Crippen LogP contribution in [-0.2, 0) is 0 Å². The van der Waals surface area contributed by atoms with E-state index in [-0.39, 0.29) is 0 Å². The Balaban J connectivity index is 2.62. The third-order valence-electron chi connectivity index (χ3n) is 1.91. The van der Waals surface area contributed by atoms with E-state index in [0.29, 0.717) is 15.9 Å². The van der Waals surface area contributed by atoms with E-state index < -0.39 is 5.72 Å². The maximum absolute atomic E-state index is 6.02. The van der Waals surface area contributed by atoms with Crippen LogP contribution in [0.15, 0.2) is 23.2 Å². The largest absolute Gasteiger partial charge is 0.464 e. The second kappa shape index (κ2) is 3.14. The van der Waals surface area contributed by atoms with Crippen LogP contribution in [0.5, 0.6) is 5.75 Å². The maximum Gasteiger partial charge on any atom is 0.196 e. The van der Waals surface area contributed by atoms with Crippen LogP contribution in [0.2, 0.25) is 5.02 Å². The van der Waals surface area contributed by atoms with Gasteiger partial charge in [0.05, 0.1) is 10.6 Å². The molecule has 1 aliphatic rings. The van der Waals surface area contributed by atoms with Crippen molar-refractivity contribution in [3.8, 4) is 5.75 Å². The molecule has 1 heterocycles. The highest BCUT2D eigenvalue weighted by molar-refractivity contribution is 6.70. The van der Waals surface area contributed by atoms with Crippen LogP contribution in [-0.4, -0.2) is 10.9 Å². The summed E-state index contributed by atoms with van der Waals surface area (Å²) in [7, 11) is 0. The molecule has 14 heavy (non-hydrogen) atoms. The lowest BCUT2D eigenvalue weighted by molar-refractivity contribution is 0.116. The Kier molecular flexibility index (Phi) is 2.20. The number of para-hydroxylation sites is 1. The van der Waals surface area contributed by atoms with Gasteiger partial charge in [0.15, 0.2) is 11.5 Å². The first kappa shape index (κ1) is 9.81. The van der Waals surface area contributed by atoms with Crippen LogP contribution in [0.4, 0.5) is 0 Å². The lowest BCUT2D eigenvalue weighted by Gasteiger charge is -2.28. The van der Waals surface area contributed by atoms with Gasteiger partial charge in [-0.1, -0.05) is 29.3 Å². The van der Waals surface area contributed by atoms with Crippen LogP contribution in [0.25, 0.3) is 0 Å². The van der Waals surface area contributed by atoms with E-state index >= 15 is 0 Å². The molecule has 0 saturated carbocycles. The molecule has 0 saturated heterocycles. The topological polar surface area (TPSA) is 21.6 Å². The Hall–Kier alpha value is -0.730. The number of fused-ring (bicyclic) bond motifs is 1. The van der Waals surface area contributed by atoms with Crippen molar-refractivity contribution in [3.63, 3.8) is 0 Å². The highest BCUT2D eigenvalue weighted by atomic mass is 35.5. The minimum absolute atomic E-state index is 0.443. The van der Waals surface area contributed by atoms with E-state index in [1.54, 1.807) is 6.07 Å². The van der Waals surface area contributed by atoms with E-state index in [1.165, 1.54) is 0 Å². The van der Waals surface area contributed by atoms with Crippen LogP contribution >= 0.6 is 23.2 Å². The molecular formula is C10H9Cl2NO. The van der Waals surface area contributed by atoms with Crippen molar-refractivity contribution in [3.05, 3.63) is 28.8 Å². The molecule has 1 aromatic rings. The monoisotopic (exact) mass is 229 g/mol. The number of ether oxygens (including phenoxy) is 1. The smallest absolute Gasteiger partial charge is 0.196 e. The van der Waals surface area contributed by atoms with Gasteiger partial charge in [0.2, 0.25) is 0 Å². The molecule has 0 atom stereocenters. The maximum atomic E-state index is 6.02. The molecule has 1 aromatic carbocycles. The van der Waals surface area contributed by atoms with Gasteiger partial charge in [-0.3, -0.25) is 0 Å². The first-order chi connectivity index (χ1) is 6.49. The fourth-order valence-electron chi connectivity index (χ4n) is 1.34. The van der Waals surface area contributed by atoms with Crippen LogP contribution < -0.4 is 4.74 Å². The molecule has 0 aliphatic carbocycles. The van der Waals surface area contributed by atoms with Crippen molar-refractivity contribution in [2.24, 2.45) is 4.99 Å². The lowest BCUT2D eigenvalue weighted by Crippen LogP contribution is -2.30. The number of halogens is 2. The summed E-state index contributed by atoms with van der Waals surface area (Å²) in [5, 5.41) is 1.00. The molecule has 0 spiro atoms. The third-order valence-corrected chi connectivity index (χ3v) is 2.49. The molecule has 0 bridgehead atoms. The normalized spacial score (nSPS) is 18.1. The molecule has 1 aliphatic heterocycles. The minimum Gasteiger partial charge on any atom is -0.464 e. The van der Waals surface area contributed by atoms with E-state index in [1.807, 2.05) is 26.0 Å². The molecule has 0 N–H and O–H groups in total. The first-order valence-corrected chi connectivity index (χ1v) is 4.98. The van der Waals surface area contributed by atoms with E-state index in [0.717, 1.165) is 5.56 Å². The van der Waals surface area contributed by atoms with Crippen molar-refractivity contribution < 1.29 is 4.74 Å². The number of benzene rings is 1. The minimum atomic E-state index is -0.644. The highest BCUT2D eigenvalue weighted by Gasteiger charge is 2.28. The van der Waals surface area contributed by atoms with Gasteiger partial charge in [-0.2, -0.15) is 0 Å². The summed E-state index contributed by atoms with van der Waals surface area (Å²) in [5.74, 6) is 0.610. The highest BCUT2D eigenvalue weighted by Crippen LogP contribution is 2.36. The number of rotatable bonds is 0. The fraction of sp³-hybridized carbons (Fsp3) is 0.300. The molecule has 0 amide bonds. The average Bonchev–Trinajstić information content (AvgIpc) is 2.05. The summed E-state index contributed by atoms with van der Waals surface area (Å²) in [6.07, 6.45) is 0. The molecule has 2 rings (SSSR count). The average molecular weight is 230 g/mol. The Morgan fingerprint density at radius 2 is 2.00 bits per heavy atom. The van der Waals surface area contributed by atoms with Gasteiger partial charge in [0, 0.05) is 0 Å². The van der Waals surface area contributed by atoms with Gasteiger partial charge in [-0.05, 0) is 26.0 Å². The molecule has 0 aromatic heterocycles. The first-order valence-electron chi connectivity index (χ1n) is 4.23. The quantitative estimate of drug-likeness (QED) is 0.668. The van der Waals surface area contributed by atoms with Crippen LogP contribution in [0, 0.1) is 0 Å². The zero-order chi connectivity index (χ0) is 10.3. The third kappa shape index (κ3) is 1.60. The van der Waals surface area contributed by atoms with E-state index in [9.17, 15) is 0 Å². The van der Waals surface area contributed by atoms with Gasteiger partial charge in [-0.15, -0.1) is 0 Å². The summed E-state index contributed by atoms with van der Waals surface area (Å²) in [6, 6.07) is 5.43. The van der Waals surface area contributed by atoms with Crippen LogP contribution in [0.1, 0.15) is 19.4 Å². The van der Waals surface area contributed by atoms with Gasteiger partial charge in [0.1, 0.15) is 5.17 Å². The molecular weight excluding hydrogens is 221 g/mol. The van der Waals surface area contributed by atoms with Crippen molar-refractivity contribution in [2.45, 2.75) is 19.6 Å². The molecule has 0 radical (unpaired) electrons. The van der Waals surface area contributed by atoms with Crippen molar-refractivity contribution >= 4 is 28.4 Å². The Labute approximate surface area is 92.5 Å². The zero-order valence-corrected chi connectivity index (χ0v) is 9.36. The van der Waals surface area contributed by atoms with Gasteiger partial charge >= 0.3 is 0 Å². The standard InChI is InChI=1S/C10H9Cl2NO/c1-10(2)13-9(12)6-4-3-5-7(11)8(6)14-10/h3-5H,1-2H3. The second-order valence-electron chi connectivity index (χ2n) is 3.57. The number of hydrogen-bond donors (Lipinski definition) is 0. The number of aliphatic imine (C=N–C) groups is 1. The molecule has 0 fully saturated rings. The molecule has 4 heteroatoms. The van der Waals surface area contributed by atoms with Gasteiger partial charge in [0.25, 0.3) is 0 Å². The number of hydrogen-bond acceptors (Lipinski definition) is 2. The zero-order valence-electron chi connectivity index (χ0n) is 7.84. The summed E-state index contributed by atoms with van der Waals surface area (Å²) in [4.78, 5) is 4.20.